The van der Waals surface area contributed by atoms with E-state index in [0.29, 0.717) is 6.07 Å². The van der Waals surface area contributed by atoms with Crippen molar-refractivity contribution < 1.29 is 29.6 Å². The summed E-state index contributed by atoms with van der Waals surface area (Å²) in [6, 6.07) is 0.938. The minimum absolute atomic E-state index is 0.320. The summed E-state index contributed by atoms with van der Waals surface area (Å²) in [5, 5.41) is 41.0. The standard InChI is InChI=1S/C10H9N3O8/c14-9(15)4-7(10(16)17)11-6-2-1-5(12(18)19)3-8(6)13(20)21/h1-3,7,11H,4H2,(H,14,15)(H,16,17)/t7-/m1/s1. The minimum Gasteiger partial charge on any atom is -0.481 e. The molecule has 0 aliphatic heterocycles. The van der Waals surface area contributed by atoms with E-state index in [1.807, 2.05) is 0 Å². The van der Waals surface area contributed by atoms with Crippen LogP contribution in [0.25, 0.3) is 0 Å². The second kappa shape index (κ2) is 6.27. The molecule has 0 radical (unpaired) electrons. The minimum atomic E-state index is -1.61. The van der Waals surface area contributed by atoms with E-state index in [9.17, 15) is 29.8 Å². The number of nitrogens with zero attached hydrogens (tertiary/aromatic N) is 2. The van der Waals surface area contributed by atoms with Gasteiger partial charge in [-0.05, 0) is 6.07 Å². The van der Waals surface area contributed by atoms with Crippen LogP contribution >= 0.6 is 0 Å². The molecule has 21 heavy (non-hydrogen) atoms. The van der Waals surface area contributed by atoms with E-state index < -0.39 is 45.6 Å². The lowest BCUT2D eigenvalue weighted by molar-refractivity contribution is -0.393. The number of anilines is 1. The van der Waals surface area contributed by atoms with Crippen LogP contribution in [0.4, 0.5) is 17.1 Å². The Kier molecular flexibility index (Phi) is 4.72. The molecule has 0 saturated heterocycles. The third-order valence-electron chi connectivity index (χ3n) is 2.40. The first-order chi connectivity index (χ1) is 9.72. The maximum absolute atomic E-state index is 10.9. The highest BCUT2D eigenvalue weighted by atomic mass is 16.6. The number of nitrogens with one attached hydrogen (secondary N) is 1. The Hall–Kier alpha value is -3.24. The van der Waals surface area contributed by atoms with Gasteiger partial charge >= 0.3 is 11.9 Å². The van der Waals surface area contributed by atoms with Gasteiger partial charge in [-0.3, -0.25) is 25.0 Å². The monoisotopic (exact) mass is 299 g/mol. The Morgan fingerprint density at radius 1 is 1.19 bits per heavy atom. The first-order valence-electron chi connectivity index (χ1n) is 5.36. The zero-order valence-corrected chi connectivity index (χ0v) is 10.3. The molecule has 11 heteroatoms. The molecular weight excluding hydrogens is 290 g/mol. The average molecular weight is 299 g/mol. The lowest BCUT2D eigenvalue weighted by Crippen LogP contribution is -2.32. The lowest BCUT2D eigenvalue weighted by atomic mass is 10.1. The number of benzene rings is 1. The van der Waals surface area contributed by atoms with Gasteiger partial charge in [-0.2, -0.15) is 0 Å². The summed E-state index contributed by atoms with van der Waals surface area (Å²) in [5.74, 6) is -2.94. The molecule has 0 aromatic heterocycles. The number of carboxylic acids is 2. The van der Waals surface area contributed by atoms with E-state index in [1.165, 1.54) is 0 Å². The van der Waals surface area contributed by atoms with Gasteiger partial charge in [0, 0.05) is 6.07 Å². The van der Waals surface area contributed by atoms with E-state index in [1.54, 1.807) is 0 Å². The molecule has 0 aliphatic rings. The van der Waals surface area contributed by atoms with Crippen LogP contribution in [0.15, 0.2) is 18.2 Å². The predicted octanol–water partition coefficient (Wildman–Crippen LogP) is 0.843. The van der Waals surface area contributed by atoms with Gasteiger partial charge in [-0.15, -0.1) is 0 Å². The Labute approximate surface area is 116 Å². The molecule has 11 nitrogen and oxygen atoms in total. The molecule has 1 rings (SSSR count). The highest BCUT2D eigenvalue weighted by molar-refractivity contribution is 5.84. The fourth-order valence-electron chi connectivity index (χ4n) is 1.47. The zero-order chi connectivity index (χ0) is 16.2. The molecule has 1 aromatic rings. The first-order valence-corrected chi connectivity index (χ1v) is 5.36. The lowest BCUT2D eigenvalue weighted by Gasteiger charge is -2.13. The smallest absolute Gasteiger partial charge is 0.326 e. The largest absolute Gasteiger partial charge is 0.481 e. The summed E-state index contributed by atoms with van der Waals surface area (Å²) in [4.78, 5) is 41.1. The number of aliphatic carboxylic acids is 2. The molecule has 0 heterocycles. The first kappa shape index (κ1) is 15.8. The van der Waals surface area contributed by atoms with E-state index in [-0.39, 0.29) is 5.69 Å². The normalized spacial score (nSPS) is 11.4. The Morgan fingerprint density at radius 2 is 1.81 bits per heavy atom. The molecule has 0 bridgehead atoms. The average Bonchev–Trinajstić information content (AvgIpc) is 2.37. The molecule has 112 valence electrons. The summed E-state index contributed by atoms with van der Waals surface area (Å²) in [6.45, 7) is 0. The SMILES string of the molecule is O=C(O)C[C@@H](Nc1ccc([N+](=O)[O-])cc1[N+](=O)[O-])C(=O)O. The third-order valence-corrected chi connectivity index (χ3v) is 2.40. The molecule has 1 aromatic carbocycles. The van der Waals surface area contributed by atoms with Crippen molar-refractivity contribution in [2.75, 3.05) is 5.32 Å². The van der Waals surface area contributed by atoms with Crippen molar-refractivity contribution in [3.05, 3.63) is 38.4 Å². The van der Waals surface area contributed by atoms with Crippen LogP contribution < -0.4 is 5.32 Å². The van der Waals surface area contributed by atoms with Crippen molar-refractivity contribution in [2.45, 2.75) is 12.5 Å². The van der Waals surface area contributed by atoms with Crippen LogP contribution in [0.3, 0.4) is 0 Å². The number of carboxylic acid groups (broad SMARTS) is 2. The third kappa shape index (κ3) is 4.12. The van der Waals surface area contributed by atoms with Gasteiger partial charge < -0.3 is 15.5 Å². The second-order valence-corrected chi connectivity index (χ2v) is 3.85. The van der Waals surface area contributed by atoms with Gasteiger partial charge in [-0.25, -0.2) is 4.79 Å². The molecule has 0 amide bonds. The summed E-state index contributed by atoms with van der Waals surface area (Å²) < 4.78 is 0. The van der Waals surface area contributed by atoms with Crippen LogP contribution in [0.2, 0.25) is 0 Å². The Bertz CT molecular complexity index is 614. The fourth-order valence-corrected chi connectivity index (χ4v) is 1.47. The number of nitro groups is 2. The number of rotatable bonds is 7. The van der Waals surface area contributed by atoms with Crippen LogP contribution in [-0.2, 0) is 9.59 Å². The van der Waals surface area contributed by atoms with Crippen molar-refractivity contribution in [3.8, 4) is 0 Å². The highest BCUT2D eigenvalue weighted by Crippen LogP contribution is 2.29. The predicted molar refractivity (Wildman–Crippen MR) is 67.1 cm³/mol. The van der Waals surface area contributed by atoms with Gasteiger partial charge in [0.15, 0.2) is 0 Å². The molecule has 3 N–H and O–H groups in total. The number of carbonyl (C=O) groups is 2. The van der Waals surface area contributed by atoms with Gasteiger partial charge in [0.2, 0.25) is 0 Å². The quantitative estimate of drug-likeness (QED) is 0.486. The molecule has 0 saturated carbocycles. The topological polar surface area (TPSA) is 173 Å². The fraction of sp³-hybridized carbons (Fsp3) is 0.200. The molecule has 0 unspecified atom stereocenters. The molecule has 0 fully saturated rings. The van der Waals surface area contributed by atoms with Crippen molar-refractivity contribution >= 4 is 29.0 Å². The van der Waals surface area contributed by atoms with Gasteiger partial charge in [0.05, 0.1) is 22.3 Å². The van der Waals surface area contributed by atoms with E-state index in [2.05, 4.69) is 5.32 Å². The van der Waals surface area contributed by atoms with E-state index in [4.69, 9.17) is 10.2 Å². The summed E-state index contributed by atoms with van der Waals surface area (Å²) in [7, 11) is 0. The van der Waals surface area contributed by atoms with E-state index in [0.717, 1.165) is 12.1 Å². The second-order valence-electron chi connectivity index (χ2n) is 3.85. The summed E-state index contributed by atoms with van der Waals surface area (Å²) in [5.41, 5.74) is -1.59. The zero-order valence-electron chi connectivity index (χ0n) is 10.3. The van der Waals surface area contributed by atoms with Gasteiger partial charge in [0.25, 0.3) is 11.4 Å². The summed E-state index contributed by atoms with van der Waals surface area (Å²) >= 11 is 0. The Balaban J connectivity index is 3.16. The van der Waals surface area contributed by atoms with Crippen molar-refractivity contribution in [2.24, 2.45) is 0 Å². The van der Waals surface area contributed by atoms with E-state index >= 15 is 0 Å². The molecule has 1 atom stereocenters. The number of hydrogen-bond acceptors (Lipinski definition) is 7. The van der Waals surface area contributed by atoms with Gasteiger partial charge in [0.1, 0.15) is 11.7 Å². The maximum atomic E-state index is 10.9. The van der Waals surface area contributed by atoms with Crippen molar-refractivity contribution in [3.63, 3.8) is 0 Å². The molecule has 0 spiro atoms. The molecule has 0 aliphatic carbocycles. The summed E-state index contributed by atoms with van der Waals surface area (Å²) in [6.07, 6.45) is -0.816. The van der Waals surface area contributed by atoms with Gasteiger partial charge in [-0.1, -0.05) is 0 Å². The van der Waals surface area contributed by atoms with Crippen molar-refractivity contribution in [1.29, 1.82) is 0 Å². The number of nitro benzene ring substituents is 2. The maximum Gasteiger partial charge on any atom is 0.326 e. The number of non-ortho nitro benzene ring substituents is 1. The molecular formula is C10H9N3O8. The number of hydrogen-bond donors (Lipinski definition) is 3. The highest BCUT2D eigenvalue weighted by Gasteiger charge is 2.26. The van der Waals surface area contributed by atoms with Crippen LogP contribution in [-0.4, -0.2) is 38.0 Å². The van der Waals surface area contributed by atoms with Crippen molar-refractivity contribution in [1.82, 2.24) is 0 Å². The Morgan fingerprint density at radius 3 is 2.24 bits per heavy atom. The van der Waals surface area contributed by atoms with Crippen LogP contribution in [0.1, 0.15) is 6.42 Å². The van der Waals surface area contributed by atoms with Crippen LogP contribution in [0, 0.1) is 20.2 Å². The van der Waals surface area contributed by atoms with Crippen LogP contribution in [0.5, 0.6) is 0 Å².